The molecule has 2 heteroatoms. The Morgan fingerprint density at radius 1 is 1.15 bits per heavy atom. The van der Waals surface area contributed by atoms with E-state index in [1.807, 2.05) is 0 Å². The molecule has 4 atom stereocenters. The molecule has 3 rings (SSSR count). The first-order valence-corrected chi connectivity index (χ1v) is 5.84. The Morgan fingerprint density at radius 2 is 2.08 bits per heavy atom. The fourth-order valence-electron chi connectivity index (χ4n) is 3.63. The quantitative estimate of drug-likeness (QED) is 0.692. The second kappa shape index (κ2) is 2.96. The molecule has 1 aliphatic heterocycles. The van der Waals surface area contributed by atoms with Crippen LogP contribution in [0.5, 0.6) is 0 Å². The molecule has 3 aliphatic rings. The molecule has 0 amide bonds. The largest absolute Gasteiger partial charge is 0.330 e. The van der Waals surface area contributed by atoms with Crippen LogP contribution in [-0.2, 0) is 0 Å². The fraction of sp³-hybridized carbons (Fsp3) is 1.00. The standard InChI is InChI=1S/C11H20N2/c12-6-9-2-4-11(9)13-7-8-1-3-10(13)5-8/h8-11H,1-7,12H2. The minimum Gasteiger partial charge on any atom is -0.330 e. The third-order valence-electron chi connectivity index (χ3n) is 4.56. The second-order valence-corrected chi connectivity index (χ2v) is 5.17. The molecule has 74 valence electrons. The van der Waals surface area contributed by atoms with Gasteiger partial charge in [-0.15, -0.1) is 0 Å². The predicted molar refractivity (Wildman–Crippen MR) is 53.4 cm³/mol. The van der Waals surface area contributed by atoms with E-state index in [1.165, 1.54) is 38.6 Å². The number of nitrogens with zero attached hydrogens (tertiary/aromatic N) is 1. The van der Waals surface area contributed by atoms with Crippen LogP contribution in [0.1, 0.15) is 32.1 Å². The molecule has 0 radical (unpaired) electrons. The molecular formula is C11H20N2. The summed E-state index contributed by atoms with van der Waals surface area (Å²) in [4.78, 5) is 2.79. The normalized spacial score (nSPS) is 49.6. The van der Waals surface area contributed by atoms with E-state index in [4.69, 9.17) is 5.73 Å². The summed E-state index contributed by atoms with van der Waals surface area (Å²) in [6.07, 6.45) is 7.27. The molecule has 0 aromatic rings. The van der Waals surface area contributed by atoms with Gasteiger partial charge in [0.15, 0.2) is 0 Å². The zero-order chi connectivity index (χ0) is 8.84. The monoisotopic (exact) mass is 180 g/mol. The maximum absolute atomic E-state index is 5.76. The molecule has 0 aromatic heterocycles. The third-order valence-corrected chi connectivity index (χ3v) is 4.56. The van der Waals surface area contributed by atoms with Gasteiger partial charge >= 0.3 is 0 Å². The molecule has 0 aromatic carbocycles. The minimum atomic E-state index is 0.833. The summed E-state index contributed by atoms with van der Waals surface area (Å²) in [5.74, 6) is 1.88. The number of hydrogen-bond acceptors (Lipinski definition) is 2. The van der Waals surface area contributed by atoms with Gasteiger partial charge in [-0.2, -0.15) is 0 Å². The van der Waals surface area contributed by atoms with E-state index in [0.717, 1.165) is 30.5 Å². The molecule has 4 unspecified atom stereocenters. The fourth-order valence-corrected chi connectivity index (χ4v) is 3.63. The van der Waals surface area contributed by atoms with Crippen molar-refractivity contribution in [1.82, 2.24) is 4.90 Å². The molecule has 2 N–H and O–H groups in total. The molecule has 2 aliphatic carbocycles. The van der Waals surface area contributed by atoms with E-state index in [2.05, 4.69) is 4.90 Å². The van der Waals surface area contributed by atoms with Crippen molar-refractivity contribution in [2.75, 3.05) is 13.1 Å². The van der Waals surface area contributed by atoms with Gasteiger partial charge in [0.25, 0.3) is 0 Å². The highest BCUT2D eigenvalue weighted by Crippen LogP contribution is 2.43. The summed E-state index contributed by atoms with van der Waals surface area (Å²) in [7, 11) is 0. The molecule has 1 saturated heterocycles. The number of nitrogens with two attached hydrogens (primary N) is 1. The Labute approximate surface area is 80.5 Å². The van der Waals surface area contributed by atoms with Gasteiger partial charge in [-0.25, -0.2) is 0 Å². The molecule has 3 fully saturated rings. The smallest absolute Gasteiger partial charge is 0.0139 e. The zero-order valence-electron chi connectivity index (χ0n) is 8.28. The number of hydrogen-bond donors (Lipinski definition) is 1. The Bertz CT molecular complexity index is 202. The van der Waals surface area contributed by atoms with Crippen LogP contribution < -0.4 is 5.73 Å². The molecule has 1 heterocycles. The lowest BCUT2D eigenvalue weighted by Crippen LogP contribution is -2.52. The van der Waals surface area contributed by atoms with E-state index in [0.29, 0.717) is 0 Å². The third kappa shape index (κ3) is 1.15. The summed E-state index contributed by atoms with van der Waals surface area (Å²) in [6.45, 7) is 2.31. The number of fused-ring (bicyclic) bond motifs is 2. The van der Waals surface area contributed by atoms with E-state index < -0.39 is 0 Å². The van der Waals surface area contributed by atoms with Gasteiger partial charge in [0.05, 0.1) is 0 Å². The molecule has 0 spiro atoms. The zero-order valence-corrected chi connectivity index (χ0v) is 8.28. The lowest BCUT2D eigenvalue weighted by Gasteiger charge is -2.46. The summed E-state index contributed by atoms with van der Waals surface area (Å²) in [5, 5.41) is 0. The second-order valence-electron chi connectivity index (χ2n) is 5.17. The lowest BCUT2D eigenvalue weighted by atomic mass is 9.78. The summed E-state index contributed by atoms with van der Waals surface area (Å²) in [6, 6.07) is 1.82. The van der Waals surface area contributed by atoms with Gasteiger partial charge in [0.1, 0.15) is 0 Å². The van der Waals surface area contributed by atoms with Gasteiger partial charge in [0, 0.05) is 18.6 Å². The average molecular weight is 180 g/mol. The van der Waals surface area contributed by atoms with Crippen molar-refractivity contribution in [3.8, 4) is 0 Å². The van der Waals surface area contributed by atoms with E-state index in [9.17, 15) is 0 Å². The molecule has 2 saturated carbocycles. The van der Waals surface area contributed by atoms with Crippen molar-refractivity contribution in [2.45, 2.75) is 44.2 Å². The van der Waals surface area contributed by atoms with Crippen LogP contribution in [0.2, 0.25) is 0 Å². The van der Waals surface area contributed by atoms with Gasteiger partial charge < -0.3 is 5.73 Å². The first kappa shape index (κ1) is 8.25. The Morgan fingerprint density at radius 3 is 2.54 bits per heavy atom. The van der Waals surface area contributed by atoms with Crippen molar-refractivity contribution >= 4 is 0 Å². The number of likely N-dealkylation sites (tertiary alicyclic amines) is 1. The first-order valence-electron chi connectivity index (χ1n) is 5.84. The van der Waals surface area contributed by atoms with Crippen LogP contribution in [0.15, 0.2) is 0 Å². The molecule has 13 heavy (non-hydrogen) atoms. The van der Waals surface area contributed by atoms with Crippen LogP contribution in [0, 0.1) is 11.8 Å². The Kier molecular flexibility index (Phi) is 1.88. The highest BCUT2D eigenvalue weighted by molar-refractivity contribution is 5.00. The van der Waals surface area contributed by atoms with E-state index in [-0.39, 0.29) is 0 Å². The Hall–Kier alpha value is -0.0800. The van der Waals surface area contributed by atoms with Crippen molar-refractivity contribution in [3.63, 3.8) is 0 Å². The van der Waals surface area contributed by atoms with Crippen LogP contribution in [-0.4, -0.2) is 30.1 Å². The van der Waals surface area contributed by atoms with Gasteiger partial charge in [0.2, 0.25) is 0 Å². The van der Waals surface area contributed by atoms with Gasteiger partial charge in [-0.1, -0.05) is 0 Å². The molecular weight excluding hydrogens is 160 g/mol. The lowest BCUT2D eigenvalue weighted by molar-refractivity contribution is 0.0417. The van der Waals surface area contributed by atoms with E-state index >= 15 is 0 Å². The summed E-state index contributed by atoms with van der Waals surface area (Å²) < 4.78 is 0. The highest BCUT2D eigenvalue weighted by atomic mass is 15.2. The topological polar surface area (TPSA) is 29.3 Å². The van der Waals surface area contributed by atoms with Crippen molar-refractivity contribution in [1.29, 1.82) is 0 Å². The SMILES string of the molecule is NCC1CCC1N1CC2CCC1C2. The Balaban J connectivity index is 1.66. The van der Waals surface area contributed by atoms with Crippen LogP contribution in [0.25, 0.3) is 0 Å². The minimum absolute atomic E-state index is 0.833. The van der Waals surface area contributed by atoms with Crippen LogP contribution in [0.4, 0.5) is 0 Å². The first-order chi connectivity index (χ1) is 6.38. The summed E-state index contributed by atoms with van der Waals surface area (Å²) >= 11 is 0. The van der Waals surface area contributed by atoms with Crippen molar-refractivity contribution in [2.24, 2.45) is 17.6 Å². The van der Waals surface area contributed by atoms with E-state index in [1.54, 1.807) is 0 Å². The van der Waals surface area contributed by atoms with Gasteiger partial charge in [-0.05, 0) is 50.5 Å². The average Bonchev–Trinajstić information content (AvgIpc) is 2.63. The van der Waals surface area contributed by atoms with Crippen LogP contribution >= 0.6 is 0 Å². The number of rotatable bonds is 2. The van der Waals surface area contributed by atoms with Gasteiger partial charge in [-0.3, -0.25) is 4.90 Å². The maximum atomic E-state index is 5.76. The maximum Gasteiger partial charge on any atom is 0.0139 e. The van der Waals surface area contributed by atoms with Crippen LogP contribution in [0.3, 0.4) is 0 Å². The van der Waals surface area contributed by atoms with Crippen molar-refractivity contribution in [3.05, 3.63) is 0 Å². The number of piperidine rings is 1. The predicted octanol–water partition coefficient (Wildman–Crippen LogP) is 1.21. The summed E-state index contributed by atoms with van der Waals surface area (Å²) in [5.41, 5.74) is 5.76. The molecule has 2 nitrogen and oxygen atoms in total. The van der Waals surface area contributed by atoms with Crippen molar-refractivity contribution < 1.29 is 0 Å². The molecule has 2 bridgehead atoms. The highest BCUT2D eigenvalue weighted by Gasteiger charge is 2.45.